The second-order valence-electron chi connectivity index (χ2n) is 4.89. The Labute approximate surface area is 107 Å². The van der Waals surface area contributed by atoms with E-state index in [1.165, 1.54) is 0 Å². The summed E-state index contributed by atoms with van der Waals surface area (Å²) in [4.78, 5) is 15.6. The van der Waals surface area contributed by atoms with Crippen molar-refractivity contribution in [3.8, 4) is 0 Å². The van der Waals surface area contributed by atoms with E-state index >= 15 is 0 Å². The molecule has 1 fully saturated rings. The maximum atomic E-state index is 11.3. The van der Waals surface area contributed by atoms with Gasteiger partial charge in [-0.2, -0.15) is 0 Å². The Kier molecular flexibility index (Phi) is 3.43. The summed E-state index contributed by atoms with van der Waals surface area (Å²) < 4.78 is 0. The highest BCUT2D eigenvalue weighted by atomic mass is 16.4. The predicted molar refractivity (Wildman–Crippen MR) is 72.1 cm³/mol. The van der Waals surface area contributed by atoms with Crippen molar-refractivity contribution in [1.29, 1.82) is 0 Å². The molecule has 1 heterocycles. The van der Waals surface area contributed by atoms with Crippen LogP contribution in [0.2, 0.25) is 0 Å². The van der Waals surface area contributed by atoms with Gasteiger partial charge in [-0.1, -0.05) is 0 Å². The van der Waals surface area contributed by atoms with Gasteiger partial charge in [0.2, 0.25) is 0 Å². The van der Waals surface area contributed by atoms with Crippen LogP contribution < -0.4 is 10.6 Å². The van der Waals surface area contributed by atoms with E-state index in [9.17, 15) is 9.90 Å². The van der Waals surface area contributed by atoms with Crippen molar-refractivity contribution in [2.24, 2.45) is 0 Å². The van der Waals surface area contributed by atoms with Gasteiger partial charge in [-0.05, 0) is 32.2 Å². The van der Waals surface area contributed by atoms with Gasteiger partial charge < -0.3 is 20.6 Å². The Morgan fingerprint density at radius 3 is 2.78 bits per heavy atom. The Balaban J connectivity index is 2.37. The number of nitrogens with zero attached hydrogens (tertiary/aromatic N) is 2. The molecule has 98 valence electrons. The number of carboxylic acid groups (broad SMARTS) is 1. The second-order valence-corrected chi connectivity index (χ2v) is 4.89. The van der Waals surface area contributed by atoms with E-state index in [0.717, 1.165) is 25.3 Å². The van der Waals surface area contributed by atoms with Crippen LogP contribution in [0.25, 0.3) is 0 Å². The Morgan fingerprint density at radius 1 is 1.44 bits per heavy atom. The SMILES string of the molecule is CC1CN(C)CCN1c1cc(N)ccc1C(=O)O. The first-order chi connectivity index (χ1) is 8.49. The third-order valence-electron chi connectivity index (χ3n) is 3.39. The Hall–Kier alpha value is -1.75. The van der Waals surface area contributed by atoms with Gasteiger partial charge in [0.15, 0.2) is 0 Å². The number of piperazine rings is 1. The number of hydrogen-bond donors (Lipinski definition) is 2. The number of anilines is 2. The smallest absolute Gasteiger partial charge is 0.337 e. The molecule has 0 aromatic heterocycles. The zero-order valence-electron chi connectivity index (χ0n) is 10.8. The van der Waals surface area contributed by atoms with Gasteiger partial charge in [0, 0.05) is 31.4 Å². The van der Waals surface area contributed by atoms with Crippen LogP contribution in [0.15, 0.2) is 18.2 Å². The molecular formula is C13H19N3O2. The molecule has 1 atom stereocenters. The highest BCUT2D eigenvalue weighted by molar-refractivity contribution is 5.95. The van der Waals surface area contributed by atoms with Gasteiger partial charge in [0.25, 0.3) is 0 Å². The molecule has 0 bridgehead atoms. The van der Waals surface area contributed by atoms with Gasteiger partial charge in [-0.3, -0.25) is 0 Å². The van der Waals surface area contributed by atoms with E-state index in [2.05, 4.69) is 23.8 Å². The van der Waals surface area contributed by atoms with Crippen LogP contribution in [0.3, 0.4) is 0 Å². The van der Waals surface area contributed by atoms with E-state index in [4.69, 9.17) is 5.73 Å². The van der Waals surface area contributed by atoms with Crippen molar-refractivity contribution in [2.45, 2.75) is 13.0 Å². The summed E-state index contributed by atoms with van der Waals surface area (Å²) in [6.45, 7) is 4.78. The summed E-state index contributed by atoms with van der Waals surface area (Å²) in [5.41, 5.74) is 7.42. The number of aromatic carboxylic acids is 1. The number of nitrogens with two attached hydrogens (primary N) is 1. The molecule has 0 amide bonds. The monoisotopic (exact) mass is 249 g/mol. The minimum Gasteiger partial charge on any atom is -0.478 e. The lowest BCUT2D eigenvalue weighted by Gasteiger charge is -2.40. The summed E-state index contributed by atoms with van der Waals surface area (Å²) in [6, 6.07) is 5.25. The first kappa shape index (κ1) is 12.7. The van der Waals surface area contributed by atoms with Crippen LogP contribution in [0.1, 0.15) is 17.3 Å². The quantitative estimate of drug-likeness (QED) is 0.768. The fourth-order valence-corrected chi connectivity index (χ4v) is 2.46. The molecule has 0 saturated carbocycles. The number of nitrogen functional groups attached to an aromatic ring is 1. The number of benzene rings is 1. The van der Waals surface area contributed by atoms with E-state index in [0.29, 0.717) is 11.3 Å². The van der Waals surface area contributed by atoms with Crippen LogP contribution >= 0.6 is 0 Å². The van der Waals surface area contributed by atoms with E-state index in [1.807, 2.05) is 0 Å². The molecule has 0 aliphatic carbocycles. The molecule has 0 radical (unpaired) electrons. The number of carboxylic acids is 1. The highest BCUT2D eigenvalue weighted by Crippen LogP contribution is 2.27. The number of likely N-dealkylation sites (N-methyl/N-ethyl adjacent to an activating group) is 1. The molecule has 18 heavy (non-hydrogen) atoms. The molecule has 5 heteroatoms. The molecule has 1 aliphatic heterocycles. The van der Waals surface area contributed by atoms with Crippen LogP contribution in [0.4, 0.5) is 11.4 Å². The molecule has 1 saturated heterocycles. The van der Waals surface area contributed by atoms with Crippen molar-refractivity contribution in [3.63, 3.8) is 0 Å². The maximum absolute atomic E-state index is 11.3. The lowest BCUT2D eigenvalue weighted by molar-refractivity contribution is 0.0697. The zero-order valence-corrected chi connectivity index (χ0v) is 10.8. The Bertz CT molecular complexity index is 462. The normalized spacial score (nSPS) is 21.0. The third-order valence-corrected chi connectivity index (χ3v) is 3.39. The number of hydrogen-bond acceptors (Lipinski definition) is 4. The topological polar surface area (TPSA) is 69.8 Å². The zero-order chi connectivity index (χ0) is 13.3. The van der Waals surface area contributed by atoms with Crippen LogP contribution in [-0.4, -0.2) is 48.7 Å². The van der Waals surface area contributed by atoms with Crippen LogP contribution in [0.5, 0.6) is 0 Å². The molecule has 5 nitrogen and oxygen atoms in total. The molecular weight excluding hydrogens is 230 g/mol. The minimum atomic E-state index is -0.906. The molecule has 1 aromatic rings. The molecule has 1 unspecified atom stereocenters. The largest absolute Gasteiger partial charge is 0.478 e. The predicted octanol–water partition coefficient (Wildman–Crippen LogP) is 1.11. The highest BCUT2D eigenvalue weighted by Gasteiger charge is 2.25. The molecule has 1 aliphatic rings. The molecule has 0 spiro atoms. The van der Waals surface area contributed by atoms with Crippen LogP contribution in [0, 0.1) is 0 Å². The lowest BCUT2D eigenvalue weighted by atomic mass is 10.1. The van der Waals surface area contributed by atoms with Crippen molar-refractivity contribution < 1.29 is 9.90 Å². The van der Waals surface area contributed by atoms with E-state index < -0.39 is 5.97 Å². The van der Waals surface area contributed by atoms with Crippen molar-refractivity contribution in [3.05, 3.63) is 23.8 Å². The first-order valence-electron chi connectivity index (χ1n) is 6.07. The fraction of sp³-hybridized carbons (Fsp3) is 0.462. The average Bonchev–Trinajstić information content (AvgIpc) is 2.28. The average molecular weight is 249 g/mol. The van der Waals surface area contributed by atoms with Gasteiger partial charge in [-0.15, -0.1) is 0 Å². The van der Waals surface area contributed by atoms with Crippen molar-refractivity contribution in [2.75, 3.05) is 37.3 Å². The lowest BCUT2D eigenvalue weighted by Crippen LogP contribution is -2.51. The summed E-state index contributed by atoms with van der Waals surface area (Å²) in [6.07, 6.45) is 0. The van der Waals surface area contributed by atoms with E-state index in [-0.39, 0.29) is 6.04 Å². The standard InChI is InChI=1S/C13H19N3O2/c1-9-8-15(2)5-6-16(9)12-7-10(14)3-4-11(12)13(17)18/h3-4,7,9H,5-6,8,14H2,1-2H3,(H,17,18). The second kappa shape index (κ2) is 4.86. The fourth-order valence-electron chi connectivity index (χ4n) is 2.46. The summed E-state index contributed by atoms with van der Waals surface area (Å²) in [7, 11) is 2.07. The van der Waals surface area contributed by atoms with Crippen LogP contribution in [-0.2, 0) is 0 Å². The molecule has 3 N–H and O–H groups in total. The van der Waals surface area contributed by atoms with Gasteiger partial charge in [0.1, 0.15) is 0 Å². The number of carbonyl (C=O) groups is 1. The third kappa shape index (κ3) is 2.41. The number of rotatable bonds is 2. The van der Waals surface area contributed by atoms with Crippen molar-refractivity contribution >= 4 is 17.3 Å². The Morgan fingerprint density at radius 2 is 2.17 bits per heavy atom. The summed E-state index contributed by atoms with van der Waals surface area (Å²) in [5.74, 6) is -0.906. The first-order valence-corrected chi connectivity index (χ1v) is 6.07. The van der Waals surface area contributed by atoms with Gasteiger partial charge >= 0.3 is 5.97 Å². The molecule has 1 aromatic carbocycles. The van der Waals surface area contributed by atoms with Crippen molar-refractivity contribution in [1.82, 2.24) is 4.90 Å². The summed E-state index contributed by atoms with van der Waals surface area (Å²) in [5, 5.41) is 9.25. The maximum Gasteiger partial charge on any atom is 0.337 e. The van der Waals surface area contributed by atoms with Gasteiger partial charge in [-0.25, -0.2) is 4.79 Å². The van der Waals surface area contributed by atoms with Gasteiger partial charge in [0.05, 0.1) is 11.3 Å². The minimum absolute atomic E-state index is 0.281. The van der Waals surface area contributed by atoms with E-state index in [1.54, 1.807) is 18.2 Å². The molecule has 2 rings (SSSR count). The summed E-state index contributed by atoms with van der Waals surface area (Å²) >= 11 is 0.